The highest BCUT2D eigenvalue weighted by Crippen LogP contribution is 2.29. The van der Waals surface area contributed by atoms with Crippen molar-refractivity contribution in [3.8, 4) is 5.75 Å². The molecule has 0 saturated heterocycles. The fourth-order valence-electron chi connectivity index (χ4n) is 3.04. The van der Waals surface area contributed by atoms with Crippen LogP contribution in [0.2, 0.25) is 0 Å². The van der Waals surface area contributed by atoms with Crippen molar-refractivity contribution in [2.45, 2.75) is 18.2 Å². The van der Waals surface area contributed by atoms with Gasteiger partial charge >= 0.3 is 5.97 Å². The van der Waals surface area contributed by atoms with Crippen LogP contribution in [0, 0.1) is 0 Å². The summed E-state index contributed by atoms with van der Waals surface area (Å²) in [5.41, 5.74) is 1.01. The van der Waals surface area contributed by atoms with Crippen molar-refractivity contribution in [1.82, 2.24) is 4.31 Å². The number of ether oxygens (including phenoxy) is 2. The molecule has 3 rings (SSSR count). The summed E-state index contributed by atoms with van der Waals surface area (Å²) in [6.07, 6.45) is -0.161. The van der Waals surface area contributed by atoms with Gasteiger partial charge in [0.1, 0.15) is 17.3 Å². The van der Waals surface area contributed by atoms with Gasteiger partial charge in [-0.25, -0.2) is 12.7 Å². The molecule has 1 aliphatic heterocycles. The Balaban J connectivity index is 1.64. The van der Waals surface area contributed by atoms with Gasteiger partial charge in [0.25, 0.3) is 15.9 Å². The van der Waals surface area contributed by atoms with Crippen LogP contribution in [0.4, 0.5) is 0 Å². The number of esters is 1. The van der Waals surface area contributed by atoms with E-state index in [0.717, 1.165) is 0 Å². The van der Waals surface area contributed by atoms with Crippen molar-refractivity contribution >= 4 is 27.7 Å². The number of carbonyl (C=O) groups excluding carboxylic acids is 3. The van der Waals surface area contributed by atoms with E-state index < -0.39 is 21.9 Å². The number of fused-ring (bicyclic) bond motifs is 1. The van der Waals surface area contributed by atoms with Gasteiger partial charge in [-0.2, -0.15) is 0 Å². The maximum atomic E-state index is 12.5. The van der Waals surface area contributed by atoms with Gasteiger partial charge in [0, 0.05) is 11.1 Å². The zero-order chi connectivity index (χ0) is 21.2. The molecule has 152 valence electrons. The average Bonchev–Trinajstić information content (AvgIpc) is 2.88. The predicted octanol–water partition coefficient (Wildman–Crippen LogP) is 1.83. The Kier molecular flexibility index (Phi) is 5.69. The lowest BCUT2D eigenvalue weighted by molar-refractivity contribution is -0.142. The number of Topliss-reactive ketones (excluding diaryl/α,β-unsaturated/α-hetero) is 1. The number of benzene rings is 2. The molecular formula is C20H19NO7S. The zero-order valence-electron chi connectivity index (χ0n) is 15.9. The summed E-state index contributed by atoms with van der Waals surface area (Å²) < 4.78 is 35.9. The first-order valence-corrected chi connectivity index (χ1v) is 10.2. The van der Waals surface area contributed by atoms with Gasteiger partial charge in [-0.1, -0.05) is 12.1 Å². The number of methoxy groups -OCH3 is 1. The Morgan fingerprint density at radius 3 is 2.48 bits per heavy atom. The number of carbonyl (C=O) groups is 3. The number of sulfonamides is 1. The van der Waals surface area contributed by atoms with E-state index in [9.17, 15) is 22.8 Å². The van der Waals surface area contributed by atoms with E-state index in [-0.39, 0.29) is 35.8 Å². The van der Waals surface area contributed by atoms with Gasteiger partial charge in [-0.3, -0.25) is 14.4 Å². The Morgan fingerprint density at radius 1 is 1.10 bits per heavy atom. The minimum atomic E-state index is -3.94. The fourth-order valence-corrected chi connectivity index (χ4v) is 4.59. The van der Waals surface area contributed by atoms with Crippen LogP contribution in [0.1, 0.15) is 33.2 Å². The number of ketones is 1. The van der Waals surface area contributed by atoms with Crippen LogP contribution in [0.15, 0.2) is 47.4 Å². The van der Waals surface area contributed by atoms with Crippen molar-refractivity contribution in [2.24, 2.45) is 0 Å². The molecule has 2 aromatic rings. The quantitative estimate of drug-likeness (QED) is 0.500. The monoisotopic (exact) mass is 417 g/mol. The molecule has 9 heteroatoms. The minimum absolute atomic E-state index is 0.0536. The second-order valence-corrected chi connectivity index (χ2v) is 8.19. The minimum Gasteiger partial charge on any atom is -0.496 e. The lowest BCUT2D eigenvalue weighted by atomic mass is 10.0. The Labute approximate surface area is 168 Å². The summed E-state index contributed by atoms with van der Waals surface area (Å²) in [4.78, 5) is 36.0. The van der Waals surface area contributed by atoms with E-state index in [1.165, 1.54) is 32.2 Å². The summed E-state index contributed by atoms with van der Waals surface area (Å²) >= 11 is 0. The summed E-state index contributed by atoms with van der Waals surface area (Å²) in [7, 11) is -2.50. The van der Waals surface area contributed by atoms with Crippen LogP contribution < -0.4 is 4.74 Å². The van der Waals surface area contributed by atoms with E-state index in [0.29, 0.717) is 21.2 Å². The Bertz CT molecular complexity index is 1090. The Hall–Kier alpha value is -3.20. The first-order valence-electron chi connectivity index (χ1n) is 8.75. The molecule has 1 aliphatic rings. The average molecular weight is 417 g/mol. The number of hydrogen-bond donors (Lipinski definition) is 0. The van der Waals surface area contributed by atoms with E-state index >= 15 is 0 Å². The fraction of sp³-hybridized carbons (Fsp3) is 0.250. The molecular weight excluding hydrogens is 398 g/mol. The molecule has 0 atom stereocenters. The number of amides is 1. The Morgan fingerprint density at radius 2 is 1.83 bits per heavy atom. The lowest BCUT2D eigenvalue weighted by Crippen LogP contribution is -2.33. The molecule has 0 saturated carbocycles. The molecule has 2 aromatic carbocycles. The summed E-state index contributed by atoms with van der Waals surface area (Å²) in [5.74, 6) is -1.00. The third kappa shape index (κ3) is 4.00. The number of hydrogen-bond acceptors (Lipinski definition) is 7. The third-order valence-electron chi connectivity index (χ3n) is 4.49. The van der Waals surface area contributed by atoms with Gasteiger partial charge in [-0.15, -0.1) is 0 Å². The highest BCUT2D eigenvalue weighted by molar-refractivity contribution is 7.90. The topological polar surface area (TPSA) is 107 Å². The van der Waals surface area contributed by atoms with Gasteiger partial charge in [0.05, 0.1) is 25.6 Å². The van der Waals surface area contributed by atoms with Gasteiger partial charge in [0.2, 0.25) is 0 Å². The second kappa shape index (κ2) is 8.04. The zero-order valence-corrected chi connectivity index (χ0v) is 16.7. The molecule has 0 unspecified atom stereocenters. The highest BCUT2D eigenvalue weighted by Gasteiger charge is 2.40. The molecule has 0 radical (unpaired) electrons. The summed E-state index contributed by atoms with van der Waals surface area (Å²) in [6, 6.07) is 10.7. The molecule has 29 heavy (non-hydrogen) atoms. The van der Waals surface area contributed by atoms with E-state index in [2.05, 4.69) is 0 Å². The summed E-state index contributed by atoms with van der Waals surface area (Å²) in [6.45, 7) is 0.841. The van der Waals surface area contributed by atoms with Crippen LogP contribution in [0.3, 0.4) is 0 Å². The molecule has 0 fully saturated rings. The molecule has 1 heterocycles. The van der Waals surface area contributed by atoms with Crippen LogP contribution in [0.5, 0.6) is 5.75 Å². The van der Waals surface area contributed by atoms with E-state index in [1.807, 2.05) is 0 Å². The second-order valence-electron chi connectivity index (χ2n) is 6.36. The van der Waals surface area contributed by atoms with Crippen molar-refractivity contribution in [3.05, 3.63) is 59.2 Å². The van der Waals surface area contributed by atoms with Crippen molar-refractivity contribution in [2.75, 3.05) is 20.3 Å². The van der Waals surface area contributed by atoms with Gasteiger partial charge in [0.15, 0.2) is 5.78 Å². The van der Waals surface area contributed by atoms with Crippen LogP contribution in [-0.2, 0) is 26.0 Å². The van der Waals surface area contributed by atoms with E-state index in [1.54, 1.807) is 24.3 Å². The SMILES string of the molecule is COc1ccc(C(C)=O)cc1CC(=O)OCCN1C(=O)c2ccccc2S1(=O)=O. The maximum absolute atomic E-state index is 12.5. The molecule has 0 spiro atoms. The largest absolute Gasteiger partial charge is 0.496 e. The van der Waals surface area contributed by atoms with E-state index in [4.69, 9.17) is 9.47 Å². The molecule has 0 bridgehead atoms. The van der Waals surface area contributed by atoms with Crippen LogP contribution >= 0.6 is 0 Å². The van der Waals surface area contributed by atoms with Gasteiger partial charge < -0.3 is 9.47 Å². The molecule has 8 nitrogen and oxygen atoms in total. The van der Waals surface area contributed by atoms with Crippen molar-refractivity contribution in [3.63, 3.8) is 0 Å². The predicted molar refractivity (Wildman–Crippen MR) is 102 cm³/mol. The standard InChI is InChI=1S/C20H19NO7S/c1-13(22)14-7-8-17(27-2)15(11-14)12-19(23)28-10-9-21-20(24)16-5-3-4-6-18(16)29(21,25)26/h3-8,11H,9-10,12H2,1-2H3. The first-order chi connectivity index (χ1) is 13.8. The smallest absolute Gasteiger partial charge is 0.310 e. The molecule has 0 aliphatic carbocycles. The summed E-state index contributed by atoms with van der Waals surface area (Å²) in [5, 5.41) is 0. The normalized spacial score (nSPS) is 14.4. The molecule has 1 amide bonds. The van der Waals surface area contributed by atoms with Gasteiger partial charge in [-0.05, 0) is 37.3 Å². The van der Waals surface area contributed by atoms with Crippen LogP contribution in [-0.4, -0.2) is 50.6 Å². The van der Waals surface area contributed by atoms with Crippen molar-refractivity contribution < 1.29 is 32.3 Å². The molecule has 0 aromatic heterocycles. The molecule has 0 N–H and O–H groups in total. The third-order valence-corrected chi connectivity index (χ3v) is 6.33. The first kappa shape index (κ1) is 20.5. The van der Waals surface area contributed by atoms with Crippen LogP contribution in [0.25, 0.3) is 0 Å². The number of nitrogens with zero attached hydrogens (tertiary/aromatic N) is 1. The number of rotatable bonds is 7. The lowest BCUT2D eigenvalue weighted by Gasteiger charge is -2.15. The highest BCUT2D eigenvalue weighted by atomic mass is 32.2. The van der Waals surface area contributed by atoms with Crippen molar-refractivity contribution in [1.29, 1.82) is 0 Å². The maximum Gasteiger partial charge on any atom is 0.310 e.